The molecule has 1 aromatic carbocycles. The van der Waals surface area contributed by atoms with Crippen LogP contribution in [0.25, 0.3) is 0 Å². The van der Waals surface area contributed by atoms with Crippen LogP contribution in [0.4, 0.5) is 0 Å². The van der Waals surface area contributed by atoms with Gasteiger partial charge in [-0.1, -0.05) is 37.3 Å². The zero-order chi connectivity index (χ0) is 14.3. The first-order valence-corrected chi connectivity index (χ1v) is 7.89. The van der Waals surface area contributed by atoms with Crippen LogP contribution < -0.4 is 0 Å². The third-order valence-corrected chi connectivity index (χ3v) is 4.44. The van der Waals surface area contributed by atoms with Crippen molar-refractivity contribution in [1.82, 2.24) is 4.90 Å². The summed E-state index contributed by atoms with van der Waals surface area (Å²) in [7, 11) is 1.83. The number of rotatable bonds is 7. The molecule has 19 heavy (non-hydrogen) atoms. The van der Waals surface area contributed by atoms with Gasteiger partial charge in [-0.3, -0.25) is 4.79 Å². The lowest BCUT2D eigenvalue weighted by Crippen LogP contribution is -2.37. The van der Waals surface area contributed by atoms with Gasteiger partial charge in [-0.15, -0.1) is 0 Å². The van der Waals surface area contributed by atoms with Crippen molar-refractivity contribution in [2.75, 3.05) is 19.9 Å². The molecule has 0 saturated heterocycles. The summed E-state index contributed by atoms with van der Waals surface area (Å²) in [5, 5.41) is 9.23. The molecule has 0 aliphatic carbocycles. The van der Waals surface area contributed by atoms with E-state index in [2.05, 4.69) is 0 Å². The van der Waals surface area contributed by atoms with Crippen LogP contribution in [0.5, 0.6) is 0 Å². The maximum absolute atomic E-state index is 12.4. The van der Waals surface area contributed by atoms with Gasteiger partial charge in [-0.25, -0.2) is 0 Å². The lowest BCUT2D eigenvalue weighted by Gasteiger charge is -2.30. The predicted octanol–water partition coefficient (Wildman–Crippen LogP) is 2.71. The molecule has 0 saturated carbocycles. The van der Waals surface area contributed by atoms with Crippen molar-refractivity contribution < 1.29 is 9.90 Å². The molecule has 2 atom stereocenters. The zero-order valence-electron chi connectivity index (χ0n) is 11.9. The molecule has 1 N–H and O–H groups in total. The highest BCUT2D eigenvalue weighted by molar-refractivity contribution is 7.99. The van der Waals surface area contributed by atoms with Crippen LogP contribution in [0, 0.1) is 0 Å². The van der Waals surface area contributed by atoms with Crippen LogP contribution in [-0.2, 0) is 4.79 Å². The Kier molecular flexibility index (Phi) is 6.95. The Morgan fingerprint density at radius 2 is 2.00 bits per heavy atom. The summed E-state index contributed by atoms with van der Waals surface area (Å²) in [5.41, 5.74) is 1.07. The lowest BCUT2D eigenvalue weighted by molar-refractivity contribution is -0.131. The SMILES string of the molecule is CCC(SC)C(=O)N(C)C(CCO)c1ccccc1. The van der Waals surface area contributed by atoms with Crippen molar-refractivity contribution in [3.63, 3.8) is 0 Å². The summed E-state index contributed by atoms with van der Waals surface area (Å²) in [6.07, 6.45) is 3.35. The third kappa shape index (κ3) is 4.25. The number of benzene rings is 1. The smallest absolute Gasteiger partial charge is 0.235 e. The highest BCUT2D eigenvalue weighted by Gasteiger charge is 2.26. The van der Waals surface area contributed by atoms with Crippen molar-refractivity contribution in [2.24, 2.45) is 0 Å². The Hall–Kier alpha value is -1.00. The first kappa shape index (κ1) is 16.1. The first-order valence-electron chi connectivity index (χ1n) is 6.60. The second-order valence-electron chi connectivity index (χ2n) is 4.52. The number of aliphatic hydroxyl groups excluding tert-OH is 1. The lowest BCUT2D eigenvalue weighted by atomic mass is 10.0. The van der Waals surface area contributed by atoms with Crippen LogP contribution in [-0.4, -0.2) is 41.1 Å². The summed E-state index contributed by atoms with van der Waals surface area (Å²) in [6, 6.07) is 9.83. The number of carbonyl (C=O) groups excluding carboxylic acids is 1. The molecule has 1 amide bonds. The molecule has 0 aromatic heterocycles. The van der Waals surface area contributed by atoms with Gasteiger partial charge in [0.25, 0.3) is 0 Å². The first-order chi connectivity index (χ1) is 9.15. The Morgan fingerprint density at radius 1 is 1.37 bits per heavy atom. The van der Waals surface area contributed by atoms with E-state index in [0.717, 1.165) is 12.0 Å². The van der Waals surface area contributed by atoms with E-state index in [-0.39, 0.29) is 23.8 Å². The molecule has 0 radical (unpaired) electrons. The minimum Gasteiger partial charge on any atom is -0.396 e. The summed E-state index contributed by atoms with van der Waals surface area (Å²) in [6.45, 7) is 2.10. The molecule has 0 bridgehead atoms. The van der Waals surface area contributed by atoms with Crippen molar-refractivity contribution >= 4 is 17.7 Å². The van der Waals surface area contributed by atoms with E-state index in [0.29, 0.717) is 6.42 Å². The molecule has 0 aliphatic rings. The summed E-state index contributed by atoms with van der Waals surface area (Å²) in [5.74, 6) is 0.136. The van der Waals surface area contributed by atoms with Crippen LogP contribution in [0.15, 0.2) is 30.3 Å². The zero-order valence-corrected chi connectivity index (χ0v) is 12.7. The molecule has 1 rings (SSSR count). The maximum atomic E-state index is 12.4. The quantitative estimate of drug-likeness (QED) is 0.835. The molecule has 3 nitrogen and oxygen atoms in total. The van der Waals surface area contributed by atoms with Gasteiger partial charge >= 0.3 is 0 Å². The Bertz CT molecular complexity index is 379. The summed E-state index contributed by atoms with van der Waals surface area (Å²) < 4.78 is 0. The number of amides is 1. The van der Waals surface area contributed by atoms with Gasteiger partial charge < -0.3 is 10.0 Å². The summed E-state index contributed by atoms with van der Waals surface area (Å²) >= 11 is 1.58. The molecule has 0 fully saturated rings. The number of hydrogen-bond acceptors (Lipinski definition) is 3. The normalized spacial score (nSPS) is 13.9. The molecule has 2 unspecified atom stereocenters. The van der Waals surface area contributed by atoms with Gasteiger partial charge in [-0.05, 0) is 24.7 Å². The van der Waals surface area contributed by atoms with Crippen molar-refractivity contribution in [1.29, 1.82) is 0 Å². The number of nitrogens with zero attached hydrogens (tertiary/aromatic N) is 1. The highest BCUT2D eigenvalue weighted by atomic mass is 32.2. The van der Waals surface area contributed by atoms with E-state index < -0.39 is 0 Å². The Morgan fingerprint density at radius 3 is 2.47 bits per heavy atom. The predicted molar refractivity (Wildman–Crippen MR) is 81.2 cm³/mol. The van der Waals surface area contributed by atoms with Crippen LogP contribution in [0.1, 0.15) is 31.4 Å². The molecule has 1 aromatic rings. The second kappa shape index (κ2) is 8.23. The van der Waals surface area contributed by atoms with Gasteiger partial charge in [0.2, 0.25) is 5.91 Å². The van der Waals surface area contributed by atoms with Gasteiger partial charge in [0.15, 0.2) is 0 Å². The molecule has 0 heterocycles. The maximum Gasteiger partial charge on any atom is 0.235 e. The average molecular weight is 281 g/mol. The van der Waals surface area contributed by atoms with E-state index in [1.54, 1.807) is 16.7 Å². The fourth-order valence-corrected chi connectivity index (χ4v) is 2.91. The van der Waals surface area contributed by atoms with Crippen LogP contribution >= 0.6 is 11.8 Å². The minimum atomic E-state index is -0.0556. The number of aliphatic hydroxyl groups is 1. The van der Waals surface area contributed by atoms with Crippen molar-refractivity contribution in [3.8, 4) is 0 Å². The van der Waals surface area contributed by atoms with Gasteiger partial charge in [0.05, 0.1) is 11.3 Å². The number of thioether (sulfide) groups is 1. The van der Waals surface area contributed by atoms with E-state index >= 15 is 0 Å². The number of carbonyl (C=O) groups is 1. The minimum absolute atomic E-state index is 0.00472. The summed E-state index contributed by atoms with van der Waals surface area (Å²) in [4.78, 5) is 14.2. The van der Waals surface area contributed by atoms with Crippen molar-refractivity contribution in [2.45, 2.75) is 31.1 Å². The van der Waals surface area contributed by atoms with Crippen LogP contribution in [0.3, 0.4) is 0 Å². The van der Waals surface area contributed by atoms with Gasteiger partial charge in [0, 0.05) is 13.7 Å². The van der Waals surface area contributed by atoms with E-state index in [4.69, 9.17) is 0 Å². The fraction of sp³-hybridized carbons (Fsp3) is 0.533. The Labute approximate surface area is 120 Å². The molecule has 0 aliphatic heterocycles. The molecule has 0 spiro atoms. The fourth-order valence-electron chi connectivity index (χ4n) is 2.20. The molecular formula is C15H23NO2S. The van der Waals surface area contributed by atoms with E-state index in [1.807, 2.05) is 50.6 Å². The van der Waals surface area contributed by atoms with Gasteiger partial charge in [0.1, 0.15) is 0 Å². The van der Waals surface area contributed by atoms with E-state index in [1.165, 1.54) is 0 Å². The second-order valence-corrected chi connectivity index (χ2v) is 5.56. The third-order valence-electron chi connectivity index (χ3n) is 3.33. The topological polar surface area (TPSA) is 40.5 Å². The molecule has 106 valence electrons. The van der Waals surface area contributed by atoms with Gasteiger partial charge in [-0.2, -0.15) is 11.8 Å². The standard InChI is InChI=1S/C15H23NO2S/c1-4-14(19-3)15(18)16(2)13(10-11-17)12-8-6-5-7-9-12/h5-9,13-14,17H,4,10-11H2,1-3H3. The van der Waals surface area contributed by atoms with Crippen LogP contribution in [0.2, 0.25) is 0 Å². The highest BCUT2D eigenvalue weighted by Crippen LogP contribution is 2.25. The molecular weight excluding hydrogens is 258 g/mol. The monoisotopic (exact) mass is 281 g/mol. The average Bonchev–Trinajstić information content (AvgIpc) is 2.46. The van der Waals surface area contributed by atoms with Crippen molar-refractivity contribution in [3.05, 3.63) is 35.9 Å². The number of hydrogen-bond donors (Lipinski definition) is 1. The molecule has 4 heteroatoms. The Balaban J connectivity index is 2.90. The van der Waals surface area contributed by atoms with E-state index in [9.17, 15) is 9.90 Å². The largest absolute Gasteiger partial charge is 0.396 e.